The molecule has 0 N–H and O–H groups in total. The zero-order valence-electron chi connectivity index (χ0n) is 17.3. The Labute approximate surface area is 175 Å². The van der Waals surface area contributed by atoms with E-state index in [2.05, 4.69) is 0 Å². The zero-order chi connectivity index (χ0) is 21.7. The molecule has 2 fully saturated rings. The summed E-state index contributed by atoms with van der Waals surface area (Å²) in [7, 11) is 0. The summed E-state index contributed by atoms with van der Waals surface area (Å²) in [5.41, 5.74) is -0.854. The predicted molar refractivity (Wildman–Crippen MR) is 105 cm³/mol. The van der Waals surface area contributed by atoms with E-state index >= 15 is 0 Å². The van der Waals surface area contributed by atoms with E-state index < -0.39 is 23.0 Å². The first-order chi connectivity index (χ1) is 14.3. The summed E-state index contributed by atoms with van der Waals surface area (Å²) in [5.74, 6) is -1.94. The summed E-state index contributed by atoms with van der Waals surface area (Å²) in [4.78, 5) is 40.7. The Hall–Kier alpha value is -2.51. The third-order valence-electron chi connectivity index (χ3n) is 5.95. The van der Waals surface area contributed by atoms with E-state index in [-0.39, 0.29) is 43.4 Å². The van der Waals surface area contributed by atoms with Crippen LogP contribution in [0.1, 0.15) is 44.6 Å². The van der Waals surface area contributed by atoms with Gasteiger partial charge in [0, 0.05) is 45.1 Å². The van der Waals surface area contributed by atoms with E-state index in [0.717, 1.165) is 18.6 Å². The first-order valence-corrected chi connectivity index (χ1v) is 10.5. The summed E-state index contributed by atoms with van der Waals surface area (Å²) in [5, 5.41) is 0. The fraction of sp³-hybridized carbons (Fsp3) is 0.591. The molecule has 2 saturated heterocycles. The van der Waals surface area contributed by atoms with E-state index in [4.69, 9.17) is 4.74 Å². The molecule has 8 heteroatoms. The smallest absolute Gasteiger partial charge is 0.314 e. The lowest BCUT2D eigenvalue weighted by atomic mass is 9.74. The average Bonchev–Trinajstić information content (AvgIpc) is 3.13. The van der Waals surface area contributed by atoms with Crippen LogP contribution in [0, 0.1) is 17.0 Å². The van der Waals surface area contributed by atoms with Gasteiger partial charge in [-0.15, -0.1) is 0 Å². The van der Waals surface area contributed by atoms with E-state index in [1.54, 1.807) is 16.7 Å². The summed E-state index contributed by atoms with van der Waals surface area (Å²) in [6, 6.07) is 3.30. The largest absolute Gasteiger partial charge is 0.466 e. The van der Waals surface area contributed by atoms with Gasteiger partial charge in [-0.1, -0.05) is 6.07 Å². The van der Waals surface area contributed by atoms with Crippen LogP contribution in [0.3, 0.4) is 0 Å². The highest BCUT2D eigenvalue weighted by molar-refractivity contribution is 5.82. The van der Waals surface area contributed by atoms with Crippen LogP contribution < -0.4 is 0 Å². The maximum absolute atomic E-state index is 14.3. The van der Waals surface area contributed by atoms with Gasteiger partial charge in [-0.25, -0.2) is 8.78 Å². The second-order valence-corrected chi connectivity index (χ2v) is 8.07. The molecule has 2 heterocycles. The van der Waals surface area contributed by atoms with E-state index in [1.165, 1.54) is 6.07 Å². The van der Waals surface area contributed by atoms with Crippen LogP contribution in [-0.4, -0.2) is 60.4 Å². The Morgan fingerprint density at radius 2 is 2.00 bits per heavy atom. The minimum atomic E-state index is -1.08. The van der Waals surface area contributed by atoms with E-state index in [0.29, 0.717) is 38.9 Å². The predicted octanol–water partition coefficient (Wildman–Crippen LogP) is 2.69. The number of hydrogen-bond donors (Lipinski definition) is 0. The van der Waals surface area contributed by atoms with Crippen molar-refractivity contribution >= 4 is 17.8 Å². The molecule has 3 rings (SSSR count). The second kappa shape index (κ2) is 9.53. The molecular formula is C22H28F2N2O4. The van der Waals surface area contributed by atoms with Crippen LogP contribution in [-0.2, 0) is 25.5 Å². The van der Waals surface area contributed by atoms with Crippen molar-refractivity contribution in [3.63, 3.8) is 0 Å². The van der Waals surface area contributed by atoms with Crippen molar-refractivity contribution in [3.8, 4) is 0 Å². The third-order valence-corrected chi connectivity index (χ3v) is 5.95. The maximum atomic E-state index is 14.3. The van der Waals surface area contributed by atoms with Crippen LogP contribution in [0.25, 0.3) is 0 Å². The number of nitrogens with zero attached hydrogens (tertiary/aromatic N) is 2. The normalized spacial score (nSPS) is 21.8. The molecule has 6 nitrogen and oxygen atoms in total. The van der Waals surface area contributed by atoms with E-state index in [9.17, 15) is 23.2 Å². The molecule has 0 unspecified atom stereocenters. The molecule has 0 radical (unpaired) electrons. The fourth-order valence-electron chi connectivity index (χ4n) is 4.37. The Morgan fingerprint density at radius 1 is 1.20 bits per heavy atom. The first kappa shape index (κ1) is 22.2. The summed E-state index contributed by atoms with van der Waals surface area (Å²) >= 11 is 0. The molecule has 1 aromatic carbocycles. The number of likely N-dealkylation sites (tertiary alicyclic amines) is 2. The SMILES string of the molecule is CCOC(=O)[C@]1(Cc2ccc(F)cc2F)CCCN(C(=O)CCN2CCCC2=O)C1. The van der Waals surface area contributed by atoms with Gasteiger partial charge in [0.2, 0.25) is 11.8 Å². The van der Waals surface area contributed by atoms with Gasteiger partial charge < -0.3 is 14.5 Å². The second-order valence-electron chi connectivity index (χ2n) is 8.07. The van der Waals surface area contributed by atoms with Gasteiger partial charge in [0.25, 0.3) is 0 Å². The lowest BCUT2D eigenvalue weighted by Crippen LogP contribution is -2.52. The highest BCUT2D eigenvalue weighted by Crippen LogP contribution is 2.36. The Morgan fingerprint density at radius 3 is 2.67 bits per heavy atom. The monoisotopic (exact) mass is 422 g/mol. The highest BCUT2D eigenvalue weighted by atomic mass is 19.1. The molecule has 2 amide bonds. The number of carbonyl (C=O) groups excluding carboxylic acids is 3. The number of esters is 1. The number of halogens is 2. The number of piperidine rings is 1. The molecule has 0 spiro atoms. The van der Waals surface area contributed by atoms with Crippen molar-refractivity contribution in [2.75, 3.05) is 32.8 Å². The van der Waals surface area contributed by atoms with Crippen LogP contribution in [0.15, 0.2) is 18.2 Å². The quantitative estimate of drug-likeness (QED) is 0.634. The fourth-order valence-corrected chi connectivity index (χ4v) is 4.37. The van der Waals surface area contributed by atoms with Crippen LogP contribution in [0.2, 0.25) is 0 Å². The van der Waals surface area contributed by atoms with Crippen molar-refractivity contribution in [2.24, 2.45) is 5.41 Å². The molecule has 164 valence electrons. The standard InChI is InChI=1S/C22H28F2N2O4/c1-2-30-21(29)22(14-16-6-7-17(23)13-18(16)24)9-4-11-26(15-22)20(28)8-12-25-10-3-5-19(25)27/h6-7,13H,2-5,8-12,14-15H2,1H3/t22-/m0/s1. The minimum Gasteiger partial charge on any atom is -0.466 e. The van der Waals surface area contributed by atoms with Gasteiger partial charge in [-0.05, 0) is 44.2 Å². The topological polar surface area (TPSA) is 66.9 Å². The number of amides is 2. The summed E-state index contributed by atoms with van der Waals surface area (Å²) in [6.45, 7) is 3.53. The van der Waals surface area contributed by atoms with Crippen LogP contribution >= 0.6 is 0 Å². The van der Waals surface area contributed by atoms with Gasteiger partial charge in [-0.2, -0.15) is 0 Å². The molecule has 30 heavy (non-hydrogen) atoms. The molecule has 1 atom stereocenters. The average molecular weight is 422 g/mol. The Balaban J connectivity index is 1.74. The van der Waals surface area contributed by atoms with Crippen molar-refractivity contribution in [2.45, 2.75) is 45.4 Å². The molecule has 0 bridgehead atoms. The van der Waals surface area contributed by atoms with Gasteiger partial charge in [0.1, 0.15) is 11.6 Å². The number of benzene rings is 1. The molecule has 0 saturated carbocycles. The molecule has 2 aliphatic rings. The molecular weight excluding hydrogens is 394 g/mol. The van der Waals surface area contributed by atoms with Crippen molar-refractivity contribution < 1.29 is 27.9 Å². The van der Waals surface area contributed by atoms with Crippen molar-refractivity contribution in [1.82, 2.24) is 9.80 Å². The van der Waals surface area contributed by atoms with Gasteiger partial charge in [0.05, 0.1) is 12.0 Å². The van der Waals surface area contributed by atoms with Crippen LogP contribution in [0.4, 0.5) is 8.78 Å². The third kappa shape index (κ3) is 4.96. The summed E-state index contributed by atoms with van der Waals surface area (Å²) < 4.78 is 32.9. The number of carbonyl (C=O) groups is 3. The van der Waals surface area contributed by atoms with Gasteiger partial charge >= 0.3 is 5.97 Å². The lowest BCUT2D eigenvalue weighted by Gasteiger charge is -2.41. The molecule has 1 aromatic rings. The highest BCUT2D eigenvalue weighted by Gasteiger charge is 2.45. The van der Waals surface area contributed by atoms with Crippen molar-refractivity contribution in [3.05, 3.63) is 35.4 Å². The van der Waals surface area contributed by atoms with Gasteiger partial charge in [0.15, 0.2) is 0 Å². The zero-order valence-corrected chi connectivity index (χ0v) is 17.3. The van der Waals surface area contributed by atoms with E-state index in [1.807, 2.05) is 0 Å². The number of ether oxygens (including phenoxy) is 1. The van der Waals surface area contributed by atoms with Crippen LogP contribution in [0.5, 0.6) is 0 Å². The maximum Gasteiger partial charge on any atom is 0.314 e. The molecule has 0 aliphatic carbocycles. The van der Waals surface area contributed by atoms with Gasteiger partial charge in [-0.3, -0.25) is 14.4 Å². The molecule has 2 aliphatic heterocycles. The number of hydrogen-bond acceptors (Lipinski definition) is 4. The Kier molecular flexibility index (Phi) is 7.05. The number of rotatable bonds is 7. The molecule has 0 aromatic heterocycles. The first-order valence-electron chi connectivity index (χ1n) is 10.5. The van der Waals surface area contributed by atoms with Crippen molar-refractivity contribution in [1.29, 1.82) is 0 Å². The Bertz CT molecular complexity index is 816. The minimum absolute atomic E-state index is 0.0341. The summed E-state index contributed by atoms with van der Waals surface area (Å²) in [6.07, 6.45) is 2.59. The lowest BCUT2D eigenvalue weighted by molar-refractivity contribution is -0.160.